The van der Waals surface area contributed by atoms with Crippen LogP contribution in [-0.2, 0) is 13.1 Å². The first-order chi connectivity index (χ1) is 12.6. The first-order valence-corrected chi connectivity index (χ1v) is 12.7. The summed E-state index contributed by atoms with van der Waals surface area (Å²) in [6.45, 7) is 7.11. The van der Waals surface area contributed by atoms with Gasteiger partial charge < -0.3 is 0 Å². The molecular formula is C21H21ClF3NSi. The van der Waals surface area contributed by atoms with Gasteiger partial charge in [-0.15, -0.1) is 11.5 Å². The number of fused-ring (bicyclic) bond motifs is 1. The highest BCUT2D eigenvalue weighted by Gasteiger charge is 2.30. The number of nitrogens with zero attached hydrogens (tertiary/aromatic N) is 1. The van der Waals surface area contributed by atoms with Gasteiger partial charge in [0.1, 0.15) is 25.5 Å². The van der Waals surface area contributed by atoms with Gasteiger partial charge in [0.15, 0.2) is 0 Å². The van der Waals surface area contributed by atoms with Crippen molar-refractivity contribution in [2.75, 3.05) is 0 Å². The van der Waals surface area contributed by atoms with Crippen molar-refractivity contribution in [3.63, 3.8) is 0 Å². The van der Waals surface area contributed by atoms with E-state index in [2.05, 4.69) is 31.1 Å². The van der Waals surface area contributed by atoms with Gasteiger partial charge in [-0.2, -0.15) is 0 Å². The van der Waals surface area contributed by atoms with Crippen molar-refractivity contribution in [3.8, 4) is 11.5 Å². The van der Waals surface area contributed by atoms with Crippen LogP contribution in [0.25, 0.3) is 0 Å². The lowest BCUT2D eigenvalue weighted by molar-refractivity contribution is 0.197. The molecule has 0 N–H and O–H groups in total. The molecule has 1 nitrogen and oxygen atoms in total. The Hall–Kier alpha value is -1.74. The molecule has 0 amide bonds. The summed E-state index contributed by atoms with van der Waals surface area (Å²) in [7, 11) is -1.59. The Kier molecular flexibility index (Phi) is 5.71. The van der Waals surface area contributed by atoms with Crippen molar-refractivity contribution < 1.29 is 13.2 Å². The number of rotatable bonds is 3. The predicted octanol–water partition coefficient (Wildman–Crippen LogP) is 6.09. The average molecular weight is 408 g/mol. The van der Waals surface area contributed by atoms with Crippen molar-refractivity contribution in [1.29, 1.82) is 0 Å². The highest BCUT2D eigenvalue weighted by Crippen LogP contribution is 2.36. The summed E-state index contributed by atoms with van der Waals surface area (Å²) in [4.78, 5) is 1.93. The van der Waals surface area contributed by atoms with E-state index in [1.54, 1.807) is 6.07 Å². The molecule has 0 radical (unpaired) electrons. The number of halogens is 4. The van der Waals surface area contributed by atoms with Gasteiger partial charge in [0, 0.05) is 41.7 Å². The zero-order valence-corrected chi connectivity index (χ0v) is 17.3. The molecule has 0 bridgehead atoms. The Morgan fingerprint density at radius 2 is 1.81 bits per heavy atom. The highest BCUT2D eigenvalue weighted by atomic mass is 35.5. The maximum absolute atomic E-state index is 14.5. The van der Waals surface area contributed by atoms with Crippen LogP contribution in [0.4, 0.5) is 13.2 Å². The Bertz CT molecular complexity index is 927. The summed E-state index contributed by atoms with van der Waals surface area (Å²) in [5, 5.41) is 0.333. The summed E-state index contributed by atoms with van der Waals surface area (Å²) in [6, 6.07) is 5.99. The maximum atomic E-state index is 14.5. The van der Waals surface area contributed by atoms with Crippen molar-refractivity contribution in [1.82, 2.24) is 4.90 Å². The third-order valence-corrected chi connectivity index (χ3v) is 5.65. The SMILES string of the molecule is C[Si](C)(C)C#CCC(c1cc(F)ccc1F)N1Cc2cc(Cl)cc(F)c2C1. The normalized spacial score (nSPS) is 15.2. The molecule has 1 atom stereocenters. The minimum Gasteiger partial charge on any atom is -0.287 e. The molecule has 142 valence electrons. The Labute approximate surface area is 164 Å². The van der Waals surface area contributed by atoms with E-state index in [9.17, 15) is 13.2 Å². The molecule has 0 spiro atoms. The molecule has 0 saturated heterocycles. The van der Waals surface area contributed by atoms with Gasteiger partial charge in [0.05, 0.1) is 0 Å². The molecule has 1 unspecified atom stereocenters. The fourth-order valence-electron chi connectivity index (χ4n) is 3.29. The van der Waals surface area contributed by atoms with E-state index in [-0.39, 0.29) is 11.4 Å². The molecule has 6 heteroatoms. The molecule has 0 aromatic heterocycles. The van der Waals surface area contributed by atoms with E-state index in [1.165, 1.54) is 12.1 Å². The van der Waals surface area contributed by atoms with Gasteiger partial charge in [0.25, 0.3) is 0 Å². The molecule has 1 aliphatic rings. The van der Waals surface area contributed by atoms with E-state index in [4.69, 9.17) is 11.6 Å². The Morgan fingerprint density at radius 3 is 2.52 bits per heavy atom. The smallest absolute Gasteiger partial charge is 0.129 e. The minimum atomic E-state index is -1.59. The Morgan fingerprint density at radius 1 is 1.07 bits per heavy atom. The fraction of sp³-hybridized carbons (Fsp3) is 0.333. The van der Waals surface area contributed by atoms with Crippen LogP contribution < -0.4 is 0 Å². The van der Waals surface area contributed by atoms with Gasteiger partial charge in [-0.05, 0) is 35.9 Å². The third-order valence-electron chi connectivity index (χ3n) is 4.50. The first-order valence-electron chi connectivity index (χ1n) is 8.80. The summed E-state index contributed by atoms with van der Waals surface area (Å²) in [5.74, 6) is 1.81. The van der Waals surface area contributed by atoms with Crippen molar-refractivity contribution in [2.24, 2.45) is 0 Å². The lowest BCUT2D eigenvalue weighted by Crippen LogP contribution is -2.24. The summed E-state index contributed by atoms with van der Waals surface area (Å²) < 4.78 is 42.5. The van der Waals surface area contributed by atoms with Crippen LogP contribution in [-0.4, -0.2) is 13.0 Å². The maximum Gasteiger partial charge on any atom is 0.129 e. The van der Waals surface area contributed by atoms with Crippen LogP contribution in [0.1, 0.15) is 29.2 Å². The summed E-state index contributed by atoms with van der Waals surface area (Å²) in [6.07, 6.45) is 0.355. The van der Waals surface area contributed by atoms with E-state index in [0.717, 1.165) is 17.7 Å². The molecule has 0 aliphatic carbocycles. The van der Waals surface area contributed by atoms with Gasteiger partial charge in [-0.1, -0.05) is 31.2 Å². The zero-order chi connectivity index (χ0) is 19.8. The topological polar surface area (TPSA) is 3.24 Å². The zero-order valence-electron chi connectivity index (χ0n) is 15.5. The van der Waals surface area contributed by atoms with E-state index in [0.29, 0.717) is 30.1 Å². The second-order valence-corrected chi connectivity index (χ2v) is 13.1. The monoisotopic (exact) mass is 407 g/mol. The van der Waals surface area contributed by atoms with Gasteiger partial charge in [0.2, 0.25) is 0 Å². The molecule has 1 heterocycles. The van der Waals surface area contributed by atoms with E-state index < -0.39 is 25.8 Å². The van der Waals surface area contributed by atoms with Crippen molar-refractivity contribution >= 4 is 19.7 Å². The van der Waals surface area contributed by atoms with Crippen molar-refractivity contribution in [3.05, 3.63) is 69.5 Å². The summed E-state index contributed by atoms with van der Waals surface area (Å²) in [5.41, 5.74) is 4.85. The van der Waals surface area contributed by atoms with Crippen LogP contribution in [0.3, 0.4) is 0 Å². The Balaban J connectivity index is 1.96. The number of hydrogen-bond acceptors (Lipinski definition) is 1. The highest BCUT2D eigenvalue weighted by molar-refractivity contribution is 6.83. The van der Waals surface area contributed by atoms with Crippen LogP contribution in [0, 0.1) is 28.9 Å². The van der Waals surface area contributed by atoms with Crippen LogP contribution in [0.5, 0.6) is 0 Å². The largest absolute Gasteiger partial charge is 0.287 e. The molecular weight excluding hydrogens is 387 g/mol. The van der Waals surface area contributed by atoms with E-state index >= 15 is 0 Å². The number of hydrogen-bond donors (Lipinski definition) is 0. The summed E-state index contributed by atoms with van der Waals surface area (Å²) >= 11 is 5.97. The van der Waals surface area contributed by atoms with Crippen LogP contribution >= 0.6 is 11.6 Å². The molecule has 0 saturated carbocycles. The first kappa shape index (κ1) is 20.0. The third kappa shape index (κ3) is 4.76. The molecule has 0 fully saturated rings. The average Bonchev–Trinajstić information content (AvgIpc) is 2.97. The second-order valence-electron chi connectivity index (χ2n) is 7.87. The lowest BCUT2D eigenvalue weighted by atomic mass is 10.0. The quantitative estimate of drug-likeness (QED) is 0.440. The van der Waals surface area contributed by atoms with Gasteiger partial charge >= 0.3 is 0 Å². The standard InChI is InChI=1S/C21H21ClF3NSi/c1-27(2,3)8-4-5-21(17-11-16(23)6-7-19(17)24)26-12-14-9-15(22)10-20(25)18(14)13-26/h6-7,9-11,21H,5,12-13H2,1-3H3. The number of benzene rings is 2. The van der Waals surface area contributed by atoms with Crippen LogP contribution in [0.15, 0.2) is 30.3 Å². The molecule has 1 aliphatic heterocycles. The second kappa shape index (κ2) is 7.71. The van der Waals surface area contributed by atoms with Crippen molar-refractivity contribution in [2.45, 2.75) is 45.2 Å². The molecule has 27 heavy (non-hydrogen) atoms. The van der Waals surface area contributed by atoms with E-state index in [1.807, 2.05) is 4.90 Å². The minimum absolute atomic E-state index is 0.249. The van der Waals surface area contributed by atoms with Gasteiger partial charge in [-0.3, -0.25) is 4.90 Å². The lowest BCUT2D eigenvalue weighted by Gasteiger charge is -2.27. The molecule has 2 aromatic carbocycles. The van der Waals surface area contributed by atoms with Gasteiger partial charge in [-0.25, -0.2) is 13.2 Å². The molecule has 2 aromatic rings. The fourth-order valence-corrected chi connectivity index (χ4v) is 4.15. The predicted molar refractivity (Wildman–Crippen MR) is 105 cm³/mol. The van der Waals surface area contributed by atoms with Crippen LogP contribution in [0.2, 0.25) is 24.7 Å². The molecule has 3 rings (SSSR count).